The first-order chi connectivity index (χ1) is 2.81. The van der Waals surface area contributed by atoms with Gasteiger partial charge in [0.15, 0.2) is 0 Å². The molecule has 0 aromatic heterocycles. The van der Waals surface area contributed by atoms with Crippen LogP contribution < -0.4 is 11.1 Å². The zero-order chi connectivity index (χ0) is 4.99. The topological polar surface area (TPSA) is 38.0 Å². The van der Waals surface area contributed by atoms with Crippen LogP contribution in [-0.4, -0.2) is 19.6 Å². The molecule has 0 amide bonds. The highest BCUT2D eigenvalue weighted by Gasteiger charge is 1.86. The molecule has 0 aliphatic rings. The van der Waals surface area contributed by atoms with Gasteiger partial charge in [0.25, 0.3) is 0 Å². The standard InChI is InChI=1S/C4H12N2.H2S/c1-4(3-5)6-2;/h4,6H,3,5H2,1-2H3;1H2/t4-;/m0./s1. The Bertz CT molecular complexity index is 28.9. The fraction of sp³-hybridized carbons (Fsp3) is 1.00. The molecule has 2 nitrogen and oxygen atoms in total. The van der Waals surface area contributed by atoms with Gasteiger partial charge in [-0.05, 0) is 14.0 Å². The molecular weight excluding hydrogens is 108 g/mol. The summed E-state index contributed by atoms with van der Waals surface area (Å²) in [5.74, 6) is 0. The lowest BCUT2D eigenvalue weighted by Crippen LogP contribution is -2.29. The zero-order valence-electron chi connectivity index (χ0n) is 4.86. The fourth-order valence-corrected chi connectivity index (χ4v) is 0.118. The maximum Gasteiger partial charge on any atom is 0.0158 e. The van der Waals surface area contributed by atoms with Crippen molar-refractivity contribution in [3.63, 3.8) is 0 Å². The van der Waals surface area contributed by atoms with E-state index in [9.17, 15) is 0 Å². The number of likely N-dealkylation sites (N-methyl/N-ethyl adjacent to an activating group) is 1. The van der Waals surface area contributed by atoms with Gasteiger partial charge >= 0.3 is 0 Å². The van der Waals surface area contributed by atoms with E-state index in [1.54, 1.807) is 0 Å². The van der Waals surface area contributed by atoms with Crippen LogP contribution in [0.3, 0.4) is 0 Å². The molecule has 0 aliphatic carbocycles. The Morgan fingerprint density at radius 2 is 2.14 bits per heavy atom. The van der Waals surface area contributed by atoms with Crippen LogP contribution in [0, 0.1) is 0 Å². The number of nitrogens with two attached hydrogens (primary N) is 1. The van der Waals surface area contributed by atoms with Crippen molar-refractivity contribution in [2.75, 3.05) is 13.6 Å². The van der Waals surface area contributed by atoms with Crippen LogP contribution in [-0.2, 0) is 0 Å². The van der Waals surface area contributed by atoms with Crippen molar-refractivity contribution < 1.29 is 0 Å². The van der Waals surface area contributed by atoms with Crippen LogP contribution in [0.2, 0.25) is 0 Å². The van der Waals surface area contributed by atoms with E-state index < -0.39 is 0 Å². The van der Waals surface area contributed by atoms with Crippen LogP contribution >= 0.6 is 13.5 Å². The summed E-state index contributed by atoms with van der Waals surface area (Å²) in [6.45, 7) is 2.76. The van der Waals surface area contributed by atoms with Gasteiger partial charge in [0.2, 0.25) is 0 Å². The molecule has 0 aliphatic heterocycles. The van der Waals surface area contributed by atoms with Crippen molar-refractivity contribution in [3.05, 3.63) is 0 Å². The van der Waals surface area contributed by atoms with E-state index in [1.165, 1.54) is 0 Å². The smallest absolute Gasteiger partial charge is 0.0158 e. The minimum absolute atomic E-state index is 0. The van der Waals surface area contributed by atoms with Crippen LogP contribution in [0.1, 0.15) is 6.92 Å². The Morgan fingerprint density at radius 1 is 1.71 bits per heavy atom. The second-order valence-electron chi connectivity index (χ2n) is 1.43. The highest BCUT2D eigenvalue weighted by Crippen LogP contribution is 1.67. The van der Waals surface area contributed by atoms with E-state index in [-0.39, 0.29) is 13.5 Å². The molecule has 0 saturated carbocycles. The molecule has 7 heavy (non-hydrogen) atoms. The first kappa shape index (κ1) is 10.3. The number of nitrogens with one attached hydrogen (secondary N) is 1. The third-order valence-electron chi connectivity index (χ3n) is 0.846. The van der Waals surface area contributed by atoms with Crippen molar-refractivity contribution in [2.45, 2.75) is 13.0 Å². The molecule has 0 saturated heterocycles. The largest absolute Gasteiger partial charge is 0.329 e. The molecule has 0 aromatic carbocycles. The predicted molar refractivity (Wildman–Crippen MR) is 38.0 cm³/mol. The summed E-state index contributed by atoms with van der Waals surface area (Å²) in [6, 6.07) is 0.463. The van der Waals surface area contributed by atoms with Gasteiger partial charge in [-0.15, -0.1) is 0 Å². The first-order valence-electron chi connectivity index (χ1n) is 2.18. The van der Waals surface area contributed by atoms with Gasteiger partial charge in [-0.3, -0.25) is 0 Å². The van der Waals surface area contributed by atoms with Crippen molar-refractivity contribution in [2.24, 2.45) is 5.73 Å². The molecule has 0 rings (SSSR count). The van der Waals surface area contributed by atoms with Crippen molar-refractivity contribution in [1.82, 2.24) is 5.32 Å². The number of hydrogen-bond donors (Lipinski definition) is 2. The third kappa shape index (κ3) is 6.27. The van der Waals surface area contributed by atoms with Crippen LogP contribution in [0.4, 0.5) is 0 Å². The number of rotatable bonds is 2. The summed E-state index contributed by atoms with van der Waals surface area (Å²) >= 11 is 0. The Hall–Kier alpha value is 0.270. The minimum atomic E-state index is 0. The lowest BCUT2D eigenvalue weighted by atomic mass is 10.4. The van der Waals surface area contributed by atoms with Gasteiger partial charge < -0.3 is 11.1 Å². The minimum Gasteiger partial charge on any atom is -0.329 e. The van der Waals surface area contributed by atoms with Gasteiger partial charge in [-0.25, -0.2) is 0 Å². The highest BCUT2D eigenvalue weighted by atomic mass is 32.1. The summed E-state index contributed by atoms with van der Waals surface area (Å²) in [6.07, 6.45) is 0. The SMILES string of the molecule is CN[C@@H](C)CN.S. The van der Waals surface area contributed by atoms with Gasteiger partial charge in [-0.1, -0.05) is 0 Å². The van der Waals surface area contributed by atoms with Crippen LogP contribution in [0.5, 0.6) is 0 Å². The van der Waals surface area contributed by atoms with Crippen molar-refractivity contribution >= 4 is 13.5 Å². The van der Waals surface area contributed by atoms with Gasteiger partial charge in [0, 0.05) is 12.6 Å². The van der Waals surface area contributed by atoms with E-state index >= 15 is 0 Å². The van der Waals surface area contributed by atoms with Crippen molar-refractivity contribution in [1.29, 1.82) is 0 Å². The maximum atomic E-state index is 5.22. The average Bonchev–Trinajstić information content (AvgIpc) is 1.65. The van der Waals surface area contributed by atoms with E-state index in [2.05, 4.69) is 5.32 Å². The highest BCUT2D eigenvalue weighted by molar-refractivity contribution is 7.59. The molecule has 0 spiro atoms. The van der Waals surface area contributed by atoms with Gasteiger partial charge in [0.05, 0.1) is 0 Å². The predicted octanol–water partition coefficient (Wildman–Crippen LogP) is -0.334. The van der Waals surface area contributed by atoms with Crippen LogP contribution in [0.15, 0.2) is 0 Å². The molecule has 3 heteroatoms. The molecule has 1 atom stereocenters. The lowest BCUT2D eigenvalue weighted by Gasteiger charge is -2.02. The Morgan fingerprint density at radius 3 is 2.14 bits per heavy atom. The summed E-state index contributed by atoms with van der Waals surface area (Å²) in [4.78, 5) is 0. The van der Waals surface area contributed by atoms with Crippen molar-refractivity contribution in [3.8, 4) is 0 Å². The summed E-state index contributed by atoms with van der Waals surface area (Å²) in [5, 5.41) is 2.99. The molecule has 0 aromatic rings. The summed E-state index contributed by atoms with van der Waals surface area (Å²) in [7, 11) is 1.90. The van der Waals surface area contributed by atoms with E-state index in [1.807, 2.05) is 14.0 Å². The normalized spacial score (nSPS) is 12.4. The molecule has 0 radical (unpaired) electrons. The molecule has 46 valence electrons. The summed E-state index contributed by atoms with van der Waals surface area (Å²) < 4.78 is 0. The number of hydrogen-bond acceptors (Lipinski definition) is 2. The second-order valence-corrected chi connectivity index (χ2v) is 1.43. The quantitative estimate of drug-likeness (QED) is 0.526. The van der Waals surface area contributed by atoms with Gasteiger partial charge in [0.1, 0.15) is 0 Å². The molecular formula is C4H14N2S. The van der Waals surface area contributed by atoms with E-state index in [0.717, 1.165) is 6.54 Å². The Balaban J connectivity index is 0. The average molecular weight is 122 g/mol. The second kappa shape index (κ2) is 6.27. The monoisotopic (exact) mass is 122 g/mol. The lowest BCUT2D eigenvalue weighted by molar-refractivity contribution is 0.621. The first-order valence-corrected chi connectivity index (χ1v) is 2.18. The molecule has 0 fully saturated rings. The molecule has 0 heterocycles. The molecule has 0 bridgehead atoms. The van der Waals surface area contributed by atoms with Gasteiger partial charge in [-0.2, -0.15) is 13.5 Å². The Labute approximate surface area is 51.9 Å². The maximum absolute atomic E-state index is 5.22. The summed E-state index contributed by atoms with van der Waals surface area (Å²) in [5.41, 5.74) is 5.22. The third-order valence-corrected chi connectivity index (χ3v) is 0.846. The zero-order valence-corrected chi connectivity index (χ0v) is 5.86. The fourth-order valence-electron chi connectivity index (χ4n) is 0.118. The molecule has 3 N–H and O–H groups in total. The van der Waals surface area contributed by atoms with Crippen LogP contribution in [0.25, 0.3) is 0 Å². The Kier molecular flexibility index (Phi) is 9.22. The molecule has 0 unspecified atom stereocenters. The van der Waals surface area contributed by atoms with E-state index in [0.29, 0.717) is 6.04 Å². The van der Waals surface area contributed by atoms with E-state index in [4.69, 9.17) is 5.73 Å².